The van der Waals surface area contributed by atoms with Crippen LogP contribution in [-0.4, -0.2) is 21.4 Å². The molecule has 1 aromatic heterocycles. The van der Waals surface area contributed by atoms with Gasteiger partial charge in [-0.1, -0.05) is 12.1 Å². The van der Waals surface area contributed by atoms with Crippen molar-refractivity contribution >= 4 is 22.8 Å². The maximum Gasteiger partial charge on any atom is 0.198 e. The summed E-state index contributed by atoms with van der Waals surface area (Å²) < 4.78 is 0. The molecule has 4 heteroatoms. The summed E-state index contributed by atoms with van der Waals surface area (Å²) in [6, 6.07) is 12.4. The lowest BCUT2D eigenvalue weighted by atomic mass is 10.1. The highest BCUT2D eigenvalue weighted by atomic mass is 16.3. The maximum atomic E-state index is 9.99. The number of hydrogen-bond donors (Lipinski definition) is 3. The first-order chi connectivity index (χ1) is 9.65. The van der Waals surface area contributed by atoms with E-state index in [2.05, 4.69) is 9.98 Å². The Hall–Kier alpha value is -2.75. The van der Waals surface area contributed by atoms with Gasteiger partial charge in [-0.3, -0.25) is 4.99 Å². The molecule has 0 bridgehead atoms. The van der Waals surface area contributed by atoms with Gasteiger partial charge >= 0.3 is 0 Å². The summed E-state index contributed by atoms with van der Waals surface area (Å²) in [7, 11) is 0. The largest absolute Gasteiger partial charge is 0.508 e. The monoisotopic (exact) mass is 266 g/mol. The first kappa shape index (κ1) is 12.3. The van der Waals surface area contributed by atoms with Crippen LogP contribution in [0.3, 0.4) is 0 Å². The van der Waals surface area contributed by atoms with E-state index < -0.39 is 0 Å². The van der Waals surface area contributed by atoms with Crippen molar-refractivity contribution in [1.82, 2.24) is 4.98 Å². The molecule has 100 valence electrons. The Morgan fingerprint density at radius 1 is 1.05 bits per heavy atom. The quantitative estimate of drug-likeness (QED) is 0.620. The van der Waals surface area contributed by atoms with Crippen LogP contribution in [0.2, 0.25) is 0 Å². The van der Waals surface area contributed by atoms with E-state index in [0.717, 1.165) is 16.5 Å². The van der Waals surface area contributed by atoms with E-state index >= 15 is 0 Å². The van der Waals surface area contributed by atoms with Gasteiger partial charge < -0.3 is 15.2 Å². The van der Waals surface area contributed by atoms with Gasteiger partial charge in [-0.2, -0.15) is 0 Å². The van der Waals surface area contributed by atoms with Crippen LogP contribution in [0.1, 0.15) is 11.1 Å². The average molecular weight is 266 g/mol. The zero-order chi connectivity index (χ0) is 14.1. The molecule has 3 aromatic rings. The molecule has 0 saturated heterocycles. The van der Waals surface area contributed by atoms with Crippen LogP contribution in [0.15, 0.2) is 47.5 Å². The Labute approximate surface area is 116 Å². The molecular formula is C16H14N2O2. The Bertz CT molecular complexity index is 786. The summed E-state index contributed by atoms with van der Waals surface area (Å²) in [5, 5.41) is 20.2. The molecule has 1 heterocycles. The predicted octanol–water partition coefficient (Wildman–Crippen LogP) is 3.64. The number of phenols is 1. The highest BCUT2D eigenvalue weighted by Crippen LogP contribution is 2.29. The third-order valence-corrected chi connectivity index (χ3v) is 3.24. The van der Waals surface area contributed by atoms with Crippen LogP contribution < -0.4 is 0 Å². The smallest absolute Gasteiger partial charge is 0.198 e. The topological polar surface area (TPSA) is 68.6 Å². The number of aromatic nitrogens is 1. The summed E-state index contributed by atoms with van der Waals surface area (Å²) in [6.07, 6.45) is 1.63. The van der Waals surface area contributed by atoms with E-state index in [9.17, 15) is 10.2 Å². The lowest BCUT2D eigenvalue weighted by Crippen LogP contribution is -1.82. The Balaban J connectivity index is 2.06. The van der Waals surface area contributed by atoms with Crippen LogP contribution >= 0.6 is 0 Å². The first-order valence-electron chi connectivity index (χ1n) is 6.28. The van der Waals surface area contributed by atoms with E-state index in [1.807, 2.05) is 25.1 Å². The summed E-state index contributed by atoms with van der Waals surface area (Å²) in [4.78, 5) is 7.26. The van der Waals surface area contributed by atoms with Crippen molar-refractivity contribution in [3.8, 4) is 11.6 Å². The molecule has 0 atom stereocenters. The third-order valence-electron chi connectivity index (χ3n) is 3.24. The molecule has 20 heavy (non-hydrogen) atoms. The van der Waals surface area contributed by atoms with E-state index in [-0.39, 0.29) is 11.6 Å². The molecule has 3 N–H and O–H groups in total. The van der Waals surface area contributed by atoms with Crippen molar-refractivity contribution in [1.29, 1.82) is 0 Å². The number of fused-ring (bicyclic) bond motifs is 1. The van der Waals surface area contributed by atoms with Crippen LogP contribution in [0.25, 0.3) is 10.9 Å². The lowest BCUT2D eigenvalue weighted by Gasteiger charge is -1.98. The number of phenolic OH excluding ortho intramolecular Hbond substituents is 1. The highest BCUT2D eigenvalue weighted by molar-refractivity contribution is 6.04. The number of rotatable bonds is 2. The molecule has 0 amide bonds. The number of aryl methyl sites for hydroxylation is 1. The zero-order valence-electron chi connectivity index (χ0n) is 11.0. The van der Waals surface area contributed by atoms with Gasteiger partial charge in [0.2, 0.25) is 0 Å². The average Bonchev–Trinajstić information content (AvgIpc) is 2.75. The minimum Gasteiger partial charge on any atom is -0.508 e. The van der Waals surface area contributed by atoms with Crippen molar-refractivity contribution in [2.24, 2.45) is 4.99 Å². The normalized spacial score (nSPS) is 11.4. The zero-order valence-corrected chi connectivity index (χ0v) is 11.0. The fraction of sp³-hybridized carbons (Fsp3) is 0.0625. The predicted molar refractivity (Wildman–Crippen MR) is 80.1 cm³/mol. The maximum absolute atomic E-state index is 9.99. The minimum atomic E-state index is 0.108. The van der Waals surface area contributed by atoms with Gasteiger partial charge in [0, 0.05) is 17.1 Å². The molecule has 0 spiro atoms. The summed E-state index contributed by atoms with van der Waals surface area (Å²) >= 11 is 0. The van der Waals surface area contributed by atoms with Crippen molar-refractivity contribution in [2.75, 3.05) is 0 Å². The van der Waals surface area contributed by atoms with Gasteiger partial charge in [0.15, 0.2) is 5.88 Å². The fourth-order valence-corrected chi connectivity index (χ4v) is 2.25. The Morgan fingerprint density at radius 2 is 1.80 bits per heavy atom. The van der Waals surface area contributed by atoms with E-state index in [4.69, 9.17) is 0 Å². The first-order valence-corrected chi connectivity index (χ1v) is 6.28. The fourth-order valence-electron chi connectivity index (χ4n) is 2.25. The van der Waals surface area contributed by atoms with E-state index in [0.29, 0.717) is 11.3 Å². The van der Waals surface area contributed by atoms with Gasteiger partial charge in [0.05, 0.1) is 11.3 Å². The van der Waals surface area contributed by atoms with Crippen LogP contribution in [0, 0.1) is 6.92 Å². The van der Waals surface area contributed by atoms with E-state index in [1.165, 1.54) is 0 Å². The number of nitrogens with one attached hydrogen (secondary N) is 1. The molecule has 3 rings (SSSR count). The Morgan fingerprint density at radius 3 is 2.55 bits per heavy atom. The third kappa shape index (κ3) is 2.12. The summed E-state index contributed by atoms with van der Waals surface area (Å²) in [5.74, 6) is 0.312. The lowest BCUT2D eigenvalue weighted by molar-refractivity contribution is 0.457. The number of hydrogen-bond acceptors (Lipinski definition) is 3. The second-order valence-corrected chi connectivity index (χ2v) is 4.66. The standard InChI is InChI=1S/C16H14N2O2/c1-10-3-2-4-14-15(10)13(16(20)18-14)9-17-11-5-7-12(19)8-6-11/h2-9,18-20H,1H3. The van der Waals surface area contributed by atoms with Gasteiger partial charge in [-0.05, 0) is 42.8 Å². The van der Waals surface area contributed by atoms with Crippen molar-refractivity contribution in [2.45, 2.75) is 6.92 Å². The number of benzene rings is 2. The second kappa shape index (κ2) is 4.74. The molecule has 0 unspecified atom stereocenters. The van der Waals surface area contributed by atoms with Crippen LogP contribution in [0.5, 0.6) is 11.6 Å². The Kier molecular flexibility index (Phi) is 2.91. The van der Waals surface area contributed by atoms with Crippen LogP contribution in [0.4, 0.5) is 5.69 Å². The van der Waals surface area contributed by atoms with Crippen molar-refractivity contribution in [3.05, 3.63) is 53.6 Å². The summed E-state index contributed by atoms with van der Waals surface area (Å²) in [6.45, 7) is 1.99. The highest BCUT2D eigenvalue weighted by Gasteiger charge is 2.10. The SMILES string of the molecule is Cc1cccc2[nH]c(O)c(C=Nc3ccc(O)cc3)c12. The molecule has 0 aliphatic rings. The van der Waals surface area contributed by atoms with Crippen molar-refractivity contribution in [3.63, 3.8) is 0 Å². The molecule has 0 aliphatic carbocycles. The van der Waals surface area contributed by atoms with Gasteiger partial charge in [-0.25, -0.2) is 0 Å². The number of aromatic amines is 1. The minimum absolute atomic E-state index is 0.108. The van der Waals surface area contributed by atoms with E-state index in [1.54, 1.807) is 30.5 Å². The van der Waals surface area contributed by atoms with Crippen LogP contribution in [-0.2, 0) is 0 Å². The molecule has 0 radical (unpaired) electrons. The molecule has 0 aliphatic heterocycles. The second-order valence-electron chi connectivity index (χ2n) is 4.66. The number of aromatic hydroxyl groups is 2. The molecule has 0 fully saturated rings. The van der Waals surface area contributed by atoms with Gasteiger partial charge in [-0.15, -0.1) is 0 Å². The number of nitrogens with zero attached hydrogens (tertiary/aromatic N) is 1. The molecule has 2 aromatic carbocycles. The number of H-pyrrole nitrogens is 1. The van der Waals surface area contributed by atoms with Crippen molar-refractivity contribution < 1.29 is 10.2 Å². The van der Waals surface area contributed by atoms with Gasteiger partial charge in [0.25, 0.3) is 0 Å². The number of aliphatic imine (C=N–C) groups is 1. The summed E-state index contributed by atoms with van der Waals surface area (Å²) in [5.41, 5.74) is 3.34. The molecule has 4 nitrogen and oxygen atoms in total. The van der Waals surface area contributed by atoms with Gasteiger partial charge in [0.1, 0.15) is 5.75 Å². The molecular weight excluding hydrogens is 252 g/mol. The molecule has 0 saturated carbocycles.